The van der Waals surface area contributed by atoms with Crippen LogP contribution in [0.5, 0.6) is 0 Å². The van der Waals surface area contributed by atoms with Crippen molar-refractivity contribution in [2.45, 2.75) is 29.1 Å². The minimum Gasteiger partial charge on any atom is -0.278 e. The van der Waals surface area contributed by atoms with Gasteiger partial charge in [0, 0.05) is 17.6 Å². The highest BCUT2D eigenvalue weighted by Crippen LogP contribution is 2.26. The summed E-state index contributed by atoms with van der Waals surface area (Å²) in [5.41, 5.74) is 0.414. The zero-order chi connectivity index (χ0) is 18.8. The van der Waals surface area contributed by atoms with Gasteiger partial charge in [-0.1, -0.05) is 18.6 Å². The second-order valence-electron chi connectivity index (χ2n) is 6.02. The molecule has 0 atom stereocenters. The number of rotatable bonds is 5. The van der Waals surface area contributed by atoms with Crippen LogP contribution < -0.4 is 4.72 Å². The van der Waals surface area contributed by atoms with Gasteiger partial charge in [-0.3, -0.25) is 4.72 Å². The van der Waals surface area contributed by atoms with E-state index in [1.165, 1.54) is 28.6 Å². The predicted molar refractivity (Wildman–Crippen MR) is 104 cm³/mol. The Hall–Kier alpha value is -1.42. The quantitative estimate of drug-likeness (QED) is 0.743. The highest BCUT2D eigenvalue weighted by atomic mass is 79.9. The smallest absolute Gasteiger partial charge is 0.261 e. The molecule has 0 radical (unpaired) electrons. The molecular weight excluding hydrogens is 440 g/mol. The maximum atomic E-state index is 12.6. The number of halogens is 1. The van der Waals surface area contributed by atoms with Crippen molar-refractivity contribution in [1.29, 1.82) is 0 Å². The Bertz CT molecular complexity index is 984. The van der Waals surface area contributed by atoms with Crippen LogP contribution in [0.4, 0.5) is 5.69 Å². The van der Waals surface area contributed by atoms with Gasteiger partial charge in [0.05, 0.1) is 15.5 Å². The Morgan fingerprint density at radius 1 is 0.808 bits per heavy atom. The molecule has 1 N–H and O–H groups in total. The standard InChI is InChI=1S/C17H19BrN2O4S2/c18-16-6-2-3-7-17(16)19-25(21,22)14-8-10-15(11-9-14)26(23,24)20-12-4-1-5-13-20/h2-3,6-11,19H,1,4-5,12-13H2. The van der Waals surface area contributed by atoms with Crippen molar-refractivity contribution in [2.75, 3.05) is 17.8 Å². The van der Waals surface area contributed by atoms with E-state index in [4.69, 9.17) is 0 Å². The van der Waals surface area contributed by atoms with E-state index in [-0.39, 0.29) is 9.79 Å². The minimum atomic E-state index is -3.81. The lowest BCUT2D eigenvalue weighted by molar-refractivity contribution is 0.346. The summed E-state index contributed by atoms with van der Waals surface area (Å²) in [4.78, 5) is 0.116. The van der Waals surface area contributed by atoms with Crippen LogP contribution in [0.25, 0.3) is 0 Å². The van der Waals surface area contributed by atoms with Crippen LogP contribution in [-0.2, 0) is 20.0 Å². The van der Waals surface area contributed by atoms with Gasteiger partial charge >= 0.3 is 0 Å². The van der Waals surface area contributed by atoms with Crippen LogP contribution in [0.3, 0.4) is 0 Å². The van der Waals surface area contributed by atoms with Gasteiger partial charge in [0.15, 0.2) is 0 Å². The molecule has 0 amide bonds. The molecule has 0 aromatic heterocycles. The molecule has 9 heteroatoms. The molecule has 2 aromatic rings. The largest absolute Gasteiger partial charge is 0.278 e. The Labute approximate surface area is 162 Å². The maximum absolute atomic E-state index is 12.6. The number of anilines is 1. The fourth-order valence-electron chi connectivity index (χ4n) is 2.79. The molecule has 140 valence electrons. The second-order valence-corrected chi connectivity index (χ2v) is 10.5. The summed E-state index contributed by atoms with van der Waals surface area (Å²) in [6, 6.07) is 12.2. The lowest BCUT2D eigenvalue weighted by Crippen LogP contribution is -2.35. The molecule has 0 unspecified atom stereocenters. The molecule has 1 heterocycles. The summed E-state index contributed by atoms with van der Waals surface area (Å²) < 4.78 is 54.9. The van der Waals surface area contributed by atoms with Crippen LogP contribution in [-0.4, -0.2) is 34.2 Å². The lowest BCUT2D eigenvalue weighted by Gasteiger charge is -2.25. The molecule has 3 rings (SSSR count). The molecule has 0 bridgehead atoms. The van der Waals surface area contributed by atoms with E-state index in [9.17, 15) is 16.8 Å². The van der Waals surface area contributed by atoms with Crippen molar-refractivity contribution >= 4 is 41.7 Å². The van der Waals surface area contributed by atoms with Crippen molar-refractivity contribution in [3.8, 4) is 0 Å². The summed E-state index contributed by atoms with van der Waals surface area (Å²) >= 11 is 3.29. The topological polar surface area (TPSA) is 83.5 Å². The van der Waals surface area contributed by atoms with Gasteiger partial charge in [-0.25, -0.2) is 16.8 Å². The van der Waals surface area contributed by atoms with Gasteiger partial charge in [-0.05, 0) is 65.2 Å². The highest BCUT2D eigenvalue weighted by molar-refractivity contribution is 9.10. The molecule has 1 fully saturated rings. The van der Waals surface area contributed by atoms with Gasteiger partial charge in [-0.15, -0.1) is 0 Å². The van der Waals surface area contributed by atoms with E-state index in [0.717, 1.165) is 19.3 Å². The summed E-state index contributed by atoms with van der Waals surface area (Å²) in [5.74, 6) is 0. The highest BCUT2D eigenvalue weighted by Gasteiger charge is 2.26. The number of benzene rings is 2. The molecule has 6 nitrogen and oxygen atoms in total. The second kappa shape index (κ2) is 7.67. The zero-order valence-corrected chi connectivity index (χ0v) is 17.1. The Kier molecular flexibility index (Phi) is 5.71. The Morgan fingerprint density at radius 2 is 1.38 bits per heavy atom. The van der Waals surface area contributed by atoms with Gasteiger partial charge in [0.1, 0.15) is 0 Å². The number of piperidine rings is 1. The van der Waals surface area contributed by atoms with Crippen LogP contribution in [0.2, 0.25) is 0 Å². The predicted octanol–water partition coefficient (Wildman–Crippen LogP) is 3.42. The average molecular weight is 459 g/mol. The molecular formula is C17H19BrN2O4S2. The SMILES string of the molecule is O=S(=O)(Nc1ccccc1Br)c1ccc(S(=O)(=O)N2CCCCC2)cc1. The lowest BCUT2D eigenvalue weighted by atomic mass is 10.2. The van der Waals surface area contributed by atoms with Crippen molar-refractivity contribution in [2.24, 2.45) is 0 Å². The van der Waals surface area contributed by atoms with E-state index in [0.29, 0.717) is 23.2 Å². The number of nitrogens with zero attached hydrogens (tertiary/aromatic N) is 1. The molecule has 0 spiro atoms. The third-order valence-electron chi connectivity index (χ3n) is 4.21. The van der Waals surface area contributed by atoms with E-state index >= 15 is 0 Å². The Balaban J connectivity index is 1.83. The molecule has 0 saturated carbocycles. The first-order chi connectivity index (χ1) is 12.3. The van der Waals surface area contributed by atoms with E-state index < -0.39 is 20.0 Å². The summed E-state index contributed by atoms with van der Waals surface area (Å²) in [5, 5.41) is 0. The van der Waals surface area contributed by atoms with Crippen LogP contribution in [0, 0.1) is 0 Å². The average Bonchev–Trinajstić information content (AvgIpc) is 2.64. The number of nitrogens with one attached hydrogen (secondary N) is 1. The molecule has 26 heavy (non-hydrogen) atoms. The molecule has 2 aromatic carbocycles. The van der Waals surface area contributed by atoms with Crippen molar-refractivity contribution in [1.82, 2.24) is 4.31 Å². The first kappa shape index (κ1) is 19.3. The normalized spacial score (nSPS) is 16.3. The van der Waals surface area contributed by atoms with Gasteiger partial charge in [0.2, 0.25) is 10.0 Å². The van der Waals surface area contributed by atoms with Gasteiger partial charge < -0.3 is 0 Å². The third kappa shape index (κ3) is 4.11. The van der Waals surface area contributed by atoms with Crippen molar-refractivity contribution in [3.63, 3.8) is 0 Å². The van der Waals surface area contributed by atoms with Gasteiger partial charge in [-0.2, -0.15) is 4.31 Å². The number of hydrogen-bond acceptors (Lipinski definition) is 4. The molecule has 1 saturated heterocycles. The van der Waals surface area contributed by atoms with Crippen molar-refractivity contribution < 1.29 is 16.8 Å². The number of para-hydroxylation sites is 1. The first-order valence-corrected chi connectivity index (χ1v) is 11.9. The first-order valence-electron chi connectivity index (χ1n) is 8.18. The number of sulfonamides is 2. The molecule has 0 aliphatic carbocycles. The third-order valence-corrected chi connectivity index (χ3v) is 8.19. The monoisotopic (exact) mass is 458 g/mol. The minimum absolute atomic E-state index is 0.00541. The van der Waals surface area contributed by atoms with E-state index in [2.05, 4.69) is 20.7 Å². The van der Waals surface area contributed by atoms with E-state index in [1.54, 1.807) is 24.3 Å². The maximum Gasteiger partial charge on any atom is 0.261 e. The fraction of sp³-hybridized carbons (Fsp3) is 0.294. The van der Waals surface area contributed by atoms with Crippen LogP contribution in [0.15, 0.2) is 62.8 Å². The molecule has 1 aliphatic rings. The van der Waals surface area contributed by atoms with Crippen LogP contribution >= 0.6 is 15.9 Å². The van der Waals surface area contributed by atoms with E-state index in [1.807, 2.05) is 0 Å². The summed E-state index contributed by atoms with van der Waals surface area (Å²) in [6.45, 7) is 1.01. The summed E-state index contributed by atoms with van der Waals surface area (Å²) in [6.07, 6.45) is 2.73. The molecule has 1 aliphatic heterocycles. The summed E-state index contributed by atoms with van der Waals surface area (Å²) in [7, 11) is -7.39. The Morgan fingerprint density at radius 3 is 2.00 bits per heavy atom. The van der Waals surface area contributed by atoms with Crippen molar-refractivity contribution in [3.05, 3.63) is 53.0 Å². The van der Waals surface area contributed by atoms with Crippen LogP contribution in [0.1, 0.15) is 19.3 Å². The van der Waals surface area contributed by atoms with Gasteiger partial charge in [0.25, 0.3) is 10.0 Å². The number of hydrogen-bond donors (Lipinski definition) is 1. The zero-order valence-electron chi connectivity index (χ0n) is 13.9. The fourth-order valence-corrected chi connectivity index (χ4v) is 5.90.